The lowest BCUT2D eigenvalue weighted by atomic mass is 9.99. The Kier molecular flexibility index (Phi) is 7.48. The van der Waals surface area contributed by atoms with E-state index in [0.29, 0.717) is 6.54 Å². The van der Waals surface area contributed by atoms with Crippen LogP contribution in [0.2, 0.25) is 0 Å². The van der Waals surface area contributed by atoms with Crippen molar-refractivity contribution in [3.8, 4) is 0 Å². The van der Waals surface area contributed by atoms with Crippen LogP contribution in [0.25, 0.3) is 0 Å². The van der Waals surface area contributed by atoms with Crippen molar-refractivity contribution < 1.29 is 6.22 Å². The summed E-state index contributed by atoms with van der Waals surface area (Å²) in [6.45, 7) is 9.00. The fourth-order valence-corrected chi connectivity index (χ4v) is 1.50. The number of rotatable bonds is 2. The summed E-state index contributed by atoms with van der Waals surface area (Å²) in [5.41, 5.74) is 0. The number of piperidine rings is 1. The summed E-state index contributed by atoms with van der Waals surface area (Å²) in [4.78, 5) is 13.2. The molecule has 1 heterocycles. The van der Waals surface area contributed by atoms with Crippen molar-refractivity contribution in [2.24, 2.45) is 5.92 Å². The molecule has 0 bridgehead atoms. The van der Waals surface area contributed by atoms with E-state index in [2.05, 4.69) is 17.1 Å². The first kappa shape index (κ1) is 13.4. The predicted octanol–water partition coefficient (Wildman–Crippen LogP) is 1.74. The Bertz CT molecular complexity index is 157. The molecule has 0 aromatic rings. The second kappa shape index (κ2) is 7.80. The maximum absolute atomic E-state index is 11.0. The van der Waals surface area contributed by atoms with Crippen LogP contribution < -0.4 is 5.32 Å². The van der Waals surface area contributed by atoms with Crippen molar-refractivity contribution in [1.29, 1.82) is 0 Å². The van der Waals surface area contributed by atoms with Crippen molar-refractivity contribution in [3.05, 3.63) is 0 Å². The van der Waals surface area contributed by atoms with E-state index in [1.165, 1.54) is 12.8 Å². The molecule has 1 aliphatic heterocycles. The second-order valence-corrected chi connectivity index (χ2v) is 3.63. The highest BCUT2D eigenvalue weighted by Gasteiger charge is 2.16. The topological polar surface area (TPSA) is 32.3 Å². The molecule has 1 aliphatic rings. The highest BCUT2D eigenvalue weighted by Crippen LogP contribution is 2.15. The first-order valence-electron chi connectivity index (χ1n) is 5.65. The predicted molar refractivity (Wildman–Crippen MR) is 62.4 cm³/mol. The van der Waals surface area contributed by atoms with E-state index in [-0.39, 0.29) is 7.33 Å². The van der Waals surface area contributed by atoms with Gasteiger partial charge in [-0.2, -0.15) is 0 Å². The van der Waals surface area contributed by atoms with Gasteiger partial charge in [0, 0.05) is 8.47 Å². The summed E-state index contributed by atoms with van der Waals surface area (Å²) in [5.74, 6) is 0.968. The fraction of sp³-hybridized carbons (Fsp3) is 0.909. The molecule has 0 radical (unpaired) electrons. The lowest BCUT2D eigenvalue weighted by Crippen LogP contribution is -2.40. The molecule has 0 aromatic carbocycles. The monoisotopic (exact) mass is 202 g/mol. The van der Waals surface area contributed by atoms with Crippen LogP contribution in [0.15, 0.2) is 0 Å². The van der Waals surface area contributed by atoms with Crippen LogP contribution in [0.5, 0.6) is 0 Å². The van der Waals surface area contributed by atoms with Gasteiger partial charge < -0.3 is 5.32 Å². The van der Waals surface area contributed by atoms with Gasteiger partial charge in [-0.25, -0.2) is 0 Å². The quantitative estimate of drug-likeness (QED) is 0.739. The van der Waals surface area contributed by atoms with E-state index in [1.807, 2.05) is 13.8 Å². The number of likely N-dealkylation sites (tertiary alicyclic amines) is 1. The van der Waals surface area contributed by atoms with Gasteiger partial charge in [0.1, 0.15) is 0 Å². The summed E-state index contributed by atoms with van der Waals surface area (Å²) in [7, 11) is 1.69. The molecule has 0 spiro atoms. The molecule has 14 heavy (non-hydrogen) atoms. The van der Waals surface area contributed by atoms with E-state index in [1.54, 1.807) is 7.05 Å². The summed E-state index contributed by atoms with van der Waals surface area (Å²) < 4.78 is 0. The first-order valence-corrected chi connectivity index (χ1v) is 5.65. The molecule has 1 N–H and O–H groups in total. The minimum absolute atomic E-state index is 0. The Morgan fingerprint density at radius 2 is 1.93 bits per heavy atom. The van der Waals surface area contributed by atoms with E-state index in [9.17, 15) is 4.79 Å². The molecular weight excluding hydrogens is 176 g/mol. The molecule has 3 nitrogen and oxygen atoms in total. The molecule has 86 valence electrons. The van der Waals surface area contributed by atoms with Crippen molar-refractivity contribution >= 4 is 5.91 Å². The Morgan fingerprint density at radius 3 is 2.36 bits per heavy atom. The van der Waals surface area contributed by atoms with Crippen LogP contribution in [0.3, 0.4) is 0 Å². The number of carbonyl (C=O) groups excluding carboxylic acids is 1. The molecular formula is C11H26N2O. The maximum atomic E-state index is 11.0. The van der Waals surface area contributed by atoms with Crippen LogP contribution in [-0.4, -0.2) is 37.5 Å². The van der Waals surface area contributed by atoms with Gasteiger partial charge in [0.15, 0.2) is 0 Å². The Hall–Kier alpha value is -0.570. The lowest BCUT2D eigenvalue weighted by Gasteiger charge is -2.29. The van der Waals surface area contributed by atoms with Gasteiger partial charge in [-0.15, -0.1) is 0 Å². The number of amides is 1. The third kappa shape index (κ3) is 5.22. The Morgan fingerprint density at radius 1 is 1.43 bits per heavy atom. The van der Waals surface area contributed by atoms with E-state index in [0.717, 1.165) is 19.0 Å². The number of carbonyl (C=O) groups is 1. The molecule has 0 saturated carbocycles. The summed E-state index contributed by atoms with van der Waals surface area (Å²) >= 11 is 0. The van der Waals surface area contributed by atoms with Crippen LogP contribution >= 0.6 is 0 Å². The van der Waals surface area contributed by atoms with Crippen LogP contribution in [0, 0.1) is 5.92 Å². The van der Waals surface area contributed by atoms with Crippen LogP contribution in [0.4, 0.5) is 0 Å². The summed E-state index contributed by atoms with van der Waals surface area (Å²) in [5, 5.41) is 2.64. The van der Waals surface area contributed by atoms with Crippen molar-refractivity contribution in [2.75, 3.05) is 26.7 Å². The summed E-state index contributed by atoms with van der Waals surface area (Å²) in [6.07, 6.45) is 2.47. The number of hydrogen-bond donors (Lipinski definition) is 1. The molecule has 0 aromatic heterocycles. The number of nitrogens with zero attached hydrogens (tertiary/aromatic N) is 1. The smallest absolute Gasteiger partial charge is 0.233 e. The summed E-state index contributed by atoms with van der Waals surface area (Å²) in [6, 6.07) is 0. The molecule has 0 aliphatic carbocycles. The maximum Gasteiger partial charge on any atom is 0.233 e. The average molecular weight is 202 g/mol. The third-order valence-electron chi connectivity index (χ3n) is 2.52. The normalized spacial score (nSPS) is 18.3. The Balaban J connectivity index is 0. The average Bonchev–Trinajstić information content (AvgIpc) is 2.24. The highest BCUT2D eigenvalue weighted by atomic mass is 16.1. The van der Waals surface area contributed by atoms with Crippen molar-refractivity contribution in [1.82, 2.24) is 10.2 Å². The molecule has 3 heteroatoms. The molecule has 1 amide bonds. The van der Waals surface area contributed by atoms with Gasteiger partial charge in [-0.05, 0) is 31.8 Å². The van der Waals surface area contributed by atoms with Crippen LogP contribution in [0.1, 0.15) is 35.0 Å². The zero-order valence-corrected chi connectivity index (χ0v) is 9.97. The van der Waals surface area contributed by atoms with Crippen molar-refractivity contribution in [2.45, 2.75) is 33.6 Å². The zero-order valence-electron chi connectivity index (χ0n) is 9.97. The SMILES string of the molecule is CC.CNC(=O)CN1CCC(C)CC1.[HH]. The molecule has 0 atom stereocenters. The van der Waals surface area contributed by atoms with Gasteiger partial charge in [0.25, 0.3) is 0 Å². The van der Waals surface area contributed by atoms with Gasteiger partial charge in [0.05, 0.1) is 6.54 Å². The molecule has 1 saturated heterocycles. The third-order valence-corrected chi connectivity index (χ3v) is 2.52. The van der Waals surface area contributed by atoms with Gasteiger partial charge in [-0.3, -0.25) is 9.69 Å². The minimum atomic E-state index is 0. The van der Waals surface area contributed by atoms with Gasteiger partial charge in [-0.1, -0.05) is 20.8 Å². The minimum Gasteiger partial charge on any atom is -0.358 e. The number of hydrogen-bond acceptors (Lipinski definition) is 2. The standard InChI is InChI=1S/C9H18N2O.C2H6.H2/c1-8-3-5-11(6-4-8)7-9(12)10-2;1-2;/h8H,3-7H2,1-2H3,(H,10,12);1-2H3;1H. The van der Waals surface area contributed by atoms with Crippen molar-refractivity contribution in [3.63, 3.8) is 0 Å². The van der Waals surface area contributed by atoms with Crippen LogP contribution in [-0.2, 0) is 4.79 Å². The van der Waals surface area contributed by atoms with E-state index in [4.69, 9.17) is 0 Å². The first-order chi connectivity index (χ1) is 6.72. The Labute approximate surface area is 89.3 Å². The van der Waals surface area contributed by atoms with Gasteiger partial charge in [0.2, 0.25) is 5.91 Å². The zero-order chi connectivity index (χ0) is 11.0. The fourth-order valence-electron chi connectivity index (χ4n) is 1.50. The van der Waals surface area contributed by atoms with E-state index >= 15 is 0 Å². The molecule has 1 fully saturated rings. The molecule has 1 rings (SSSR count). The highest BCUT2D eigenvalue weighted by molar-refractivity contribution is 5.77. The van der Waals surface area contributed by atoms with Gasteiger partial charge >= 0.3 is 0 Å². The largest absolute Gasteiger partial charge is 0.358 e. The number of nitrogens with one attached hydrogen (secondary N) is 1. The number of likely N-dealkylation sites (N-methyl/N-ethyl adjacent to an activating group) is 1. The lowest BCUT2D eigenvalue weighted by molar-refractivity contribution is -0.122. The molecule has 0 unspecified atom stereocenters. The second-order valence-electron chi connectivity index (χ2n) is 3.63. The van der Waals surface area contributed by atoms with E-state index < -0.39 is 0 Å².